The highest BCUT2D eigenvalue weighted by molar-refractivity contribution is 7.85. The molecule has 0 aliphatic carbocycles. The minimum absolute atomic E-state index is 0.174. The molecule has 4 nitrogen and oxygen atoms in total. The minimum Gasteiger partial charge on any atom is -0.341 e. The molecule has 2 bridgehead atoms. The largest absolute Gasteiger partial charge is 0.341 e. The van der Waals surface area contributed by atoms with E-state index in [1.165, 1.54) is 0 Å². The number of hydrogen-bond donors (Lipinski definition) is 4. The molecule has 13 heavy (non-hydrogen) atoms. The monoisotopic (exact) mass is 218 g/mol. The Morgan fingerprint density at radius 3 is 2.62 bits per heavy atom. The Morgan fingerprint density at radius 1 is 1.38 bits per heavy atom. The topological polar surface area (TPSA) is 58.2 Å². The first-order chi connectivity index (χ1) is 5.97. The maximum Gasteiger partial charge on any atom is 0.247 e. The number of piperidine rings is 2. The van der Waals surface area contributed by atoms with E-state index in [0.717, 1.165) is 0 Å². The van der Waals surface area contributed by atoms with Gasteiger partial charge in [0.2, 0.25) is 11.8 Å². The molecule has 0 radical (unpaired) electrons. The molecule has 3 aliphatic heterocycles. The second-order valence-electron chi connectivity index (χ2n) is 3.58. The van der Waals surface area contributed by atoms with Crippen molar-refractivity contribution in [2.24, 2.45) is 0 Å². The Morgan fingerprint density at radius 2 is 2.00 bits per heavy atom. The number of hydrogen-bond acceptors (Lipinski definition) is 4. The SMILES string of the molecule is CC12NC(=O)C(NC1=O)C(S)C2S. The fourth-order valence-electron chi connectivity index (χ4n) is 1.72. The predicted octanol–water partition coefficient (Wildman–Crippen LogP) is -1.03. The summed E-state index contributed by atoms with van der Waals surface area (Å²) in [7, 11) is 0. The second-order valence-corrected chi connectivity index (χ2v) is 4.73. The van der Waals surface area contributed by atoms with Crippen LogP contribution in [-0.4, -0.2) is 33.9 Å². The average molecular weight is 218 g/mol. The lowest BCUT2D eigenvalue weighted by molar-refractivity contribution is -0.144. The smallest absolute Gasteiger partial charge is 0.247 e. The first-order valence-electron chi connectivity index (χ1n) is 3.96. The zero-order chi connectivity index (χ0) is 9.80. The molecular formula is C7H10N2O2S2. The van der Waals surface area contributed by atoms with Crippen LogP contribution in [-0.2, 0) is 9.59 Å². The molecule has 0 aromatic rings. The first-order valence-corrected chi connectivity index (χ1v) is 4.99. The number of carbonyl (C=O) groups is 2. The molecule has 3 aliphatic rings. The summed E-state index contributed by atoms with van der Waals surface area (Å²) in [5.74, 6) is -0.352. The molecule has 3 rings (SSSR count). The van der Waals surface area contributed by atoms with Gasteiger partial charge >= 0.3 is 0 Å². The zero-order valence-electron chi connectivity index (χ0n) is 6.94. The fourth-order valence-corrected chi connectivity index (χ4v) is 2.58. The van der Waals surface area contributed by atoms with E-state index >= 15 is 0 Å². The summed E-state index contributed by atoms with van der Waals surface area (Å²) >= 11 is 8.56. The number of thiol groups is 2. The molecule has 4 unspecified atom stereocenters. The predicted molar refractivity (Wildman–Crippen MR) is 54.0 cm³/mol. The van der Waals surface area contributed by atoms with Crippen LogP contribution in [0.25, 0.3) is 0 Å². The number of nitrogens with one attached hydrogen (secondary N) is 2. The molecule has 0 spiro atoms. The van der Waals surface area contributed by atoms with Crippen molar-refractivity contribution in [1.82, 2.24) is 10.6 Å². The van der Waals surface area contributed by atoms with Crippen molar-refractivity contribution >= 4 is 37.1 Å². The Bertz CT molecular complexity index is 296. The molecule has 3 saturated heterocycles. The highest BCUT2D eigenvalue weighted by atomic mass is 32.1. The maximum atomic E-state index is 11.5. The zero-order valence-corrected chi connectivity index (χ0v) is 8.73. The Balaban J connectivity index is 2.43. The van der Waals surface area contributed by atoms with Gasteiger partial charge in [0.1, 0.15) is 11.6 Å². The van der Waals surface area contributed by atoms with Crippen LogP contribution >= 0.6 is 25.3 Å². The number of rotatable bonds is 0. The maximum absolute atomic E-state index is 11.5. The summed E-state index contributed by atoms with van der Waals surface area (Å²) in [6.45, 7) is 1.66. The van der Waals surface area contributed by atoms with Crippen molar-refractivity contribution in [3.63, 3.8) is 0 Å². The van der Waals surface area contributed by atoms with Crippen LogP contribution in [0.4, 0.5) is 0 Å². The molecule has 3 heterocycles. The van der Waals surface area contributed by atoms with E-state index < -0.39 is 11.6 Å². The lowest BCUT2D eigenvalue weighted by atomic mass is 9.82. The highest BCUT2D eigenvalue weighted by Crippen LogP contribution is 2.33. The molecule has 0 aromatic heterocycles. The third kappa shape index (κ3) is 1.02. The third-order valence-corrected chi connectivity index (χ3v) is 4.35. The van der Waals surface area contributed by atoms with Crippen LogP contribution < -0.4 is 10.6 Å². The number of amides is 2. The molecule has 4 atom stereocenters. The van der Waals surface area contributed by atoms with Gasteiger partial charge < -0.3 is 10.6 Å². The second kappa shape index (κ2) is 2.57. The van der Waals surface area contributed by atoms with Crippen LogP contribution in [0.1, 0.15) is 6.92 Å². The van der Waals surface area contributed by atoms with Crippen LogP contribution in [0.15, 0.2) is 0 Å². The Hall–Kier alpha value is -0.360. The van der Waals surface area contributed by atoms with E-state index in [9.17, 15) is 9.59 Å². The van der Waals surface area contributed by atoms with Crippen LogP contribution in [0.3, 0.4) is 0 Å². The van der Waals surface area contributed by atoms with Gasteiger partial charge in [0, 0.05) is 10.5 Å². The summed E-state index contributed by atoms with van der Waals surface area (Å²) < 4.78 is 0. The summed E-state index contributed by atoms with van der Waals surface area (Å²) in [5.41, 5.74) is -0.915. The summed E-state index contributed by atoms with van der Waals surface area (Å²) in [6.07, 6.45) is 0. The van der Waals surface area contributed by atoms with Gasteiger partial charge in [-0.05, 0) is 6.92 Å². The molecule has 3 fully saturated rings. The van der Waals surface area contributed by atoms with Gasteiger partial charge in [-0.1, -0.05) is 0 Å². The Kier molecular flexibility index (Phi) is 1.82. The van der Waals surface area contributed by atoms with E-state index in [2.05, 4.69) is 35.9 Å². The minimum atomic E-state index is -0.915. The molecule has 2 N–H and O–H groups in total. The molecule has 72 valence electrons. The summed E-state index contributed by atoms with van der Waals surface area (Å²) in [6, 6.07) is -0.542. The van der Waals surface area contributed by atoms with Crippen LogP contribution in [0, 0.1) is 0 Å². The van der Waals surface area contributed by atoms with Crippen molar-refractivity contribution in [3.05, 3.63) is 0 Å². The lowest BCUT2D eigenvalue weighted by Crippen LogP contribution is -2.80. The van der Waals surface area contributed by atoms with E-state index in [0.29, 0.717) is 0 Å². The van der Waals surface area contributed by atoms with Gasteiger partial charge in [0.15, 0.2) is 0 Å². The van der Waals surface area contributed by atoms with Gasteiger partial charge in [0.05, 0.1) is 0 Å². The quantitative estimate of drug-likeness (QED) is 0.393. The standard InChI is InChI=1S/C7H10N2O2S2/c1-7-4(13)3(12)2(5(10)9-7)8-6(7)11/h2-4,12-13H,1H3,(H,8,11)(H,9,10). The highest BCUT2D eigenvalue weighted by Gasteiger charge is 2.57. The average Bonchev–Trinajstić information content (AvgIpc) is 2.06. The summed E-state index contributed by atoms with van der Waals surface area (Å²) in [4.78, 5) is 22.8. The van der Waals surface area contributed by atoms with Crippen molar-refractivity contribution in [3.8, 4) is 0 Å². The van der Waals surface area contributed by atoms with E-state index in [4.69, 9.17) is 0 Å². The molecule has 0 aromatic carbocycles. The van der Waals surface area contributed by atoms with E-state index in [1.807, 2.05) is 0 Å². The van der Waals surface area contributed by atoms with Gasteiger partial charge in [0.25, 0.3) is 0 Å². The molecule has 0 saturated carbocycles. The normalized spacial score (nSPS) is 48.7. The van der Waals surface area contributed by atoms with Gasteiger partial charge in [-0.25, -0.2) is 0 Å². The summed E-state index contributed by atoms with van der Waals surface area (Å²) in [5, 5.41) is 4.79. The van der Waals surface area contributed by atoms with E-state index in [-0.39, 0.29) is 22.3 Å². The van der Waals surface area contributed by atoms with Crippen LogP contribution in [0.2, 0.25) is 0 Å². The van der Waals surface area contributed by atoms with Crippen molar-refractivity contribution in [2.45, 2.75) is 29.0 Å². The Labute approximate surface area is 86.7 Å². The van der Waals surface area contributed by atoms with Crippen molar-refractivity contribution in [2.75, 3.05) is 0 Å². The van der Waals surface area contributed by atoms with Gasteiger partial charge in [-0.2, -0.15) is 25.3 Å². The number of piperazine rings is 1. The van der Waals surface area contributed by atoms with Crippen LogP contribution in [0.5, 0.6) is 0 Å². The number of carbonyl (C=O) groups excluding carboxylic acids is 2. The fraction of sp³-hybridized carbons (Fsp3) is 0.714. The van der Waals surface area contributed by atoms with Gasteiger partial charge in [-0.3, -0.25) is 9.59 Å². The van der Waals surface area contributed by atoms with Crippen molar-refractivity contribution < 1.29 is 9.59 Å². The first kappa shape index (κ1) is 9.21. The number of fused-ring (bicyclic) bond motifs is 3. The van der Waals surface area contributed by atoms with Crippen molar-refractivity contribution in [1.29, 1.82) is 0 Å². The lowest BCUT2D eigenvalue weighted by Gasteiger charge is -2.50. The van der Waals surface area contributed by atoms with E-state index in [1.54, 1.807) is 6.92 Å². The molecular weight excluding hydrogens is 208 g/mol. The third-order valence-electron chi connectivity index (χ3n) is 2.68. The van der Waals surface area contributed by atoms with Gasteiger partial charge in [-0.15, -0.1) is 0 Å². The molecule has 2 amide bonds. The molecule has 6 heteroatoms.